The number of hydrogen-bond acceptors (Lipinski definition) is 4. The van der Waals surface area contributed by atoms with Gasteiger partial charge in [0.05, 0.1) is 0 Å². The van der Waals surface area contributed by atoms with Gasteiger partial charge in [0.15, 0.2) is 0 Å². The molecule has 2 rings (SSSR count). The standard InChI is InChI=1S/C15H18FN3O/c1-3-7-17-9-12-10-18-15(19-11(12)2)20-14-6-4-5-13(16)8-14/h4-6,8,10,17H,3,7,9H2,1-2H3. The number of rotatable bonds is 6. The number of benzene rings is 1. The van der Waals surface area contributed by atoms with E-state index in [2.05, 4.69) is 22.2 Å². The molecule has 0 aliphatic rings. The summed E-state index contributed by atoms with van der Waals surface area (Å²) in [6.07, 6.45) is 2.82. The molecule has 106 valence electrons. The first-order chi connectivity index (χ1) is 9.69. The summed E-state index contributed by atoms with van der Waals surface area (Å²) in [6.45, 7) is 5.72. The third-order valence-electron chi connectivity index (χ3n) is 2.81. The zero-order chi connectivity index (χ0) is 14.4. The first-order valence-electron chi connectivity index (χ1n) is 6.65. The maximum absolute atomic E-state index is 13.1. The van der Waals surface area contributed by atoms with Gasteiger partial charge in [-0.2, -0.15) is 4.98 Å². The quantitative estimate of drug-likeness (QED) is 0.822. The summed E-state index contributed by atoms with van der Waals surface area (Å²) in [5, 5.41) is 3.30. The lowest BCUT2D eigenvalue weighted by atomic mass is 10.2. The van der Waals surface area contributed by atoms with Gasteiger partial charge in [-0.05, 0) is 32.0 Å². The third kappa shape index (κ3) is 3.99. The lowest BCUT2D eigenvalue weighted by Crippen LogP contribution is -2.15. The summed E-state index contributed by atoms with van der Waals surface area (Å²) in [5.74, 6) is 0.0425. The number of nitrogens with one attached hydrogen (secondary N) is 1. The first kappa shape index (κ1) is 14.4. The van der Waals surface area contributed by atoms with Crippen molar-refractivity contribution in [3.05, 3.63) is 47.5 Å². The van der Waals surface area contributed by atoms with E-state index in [9.17, 15) is 4.39 Å². The van der Waals surface area contributed by atoms with Crippen LogP contribution < -0.4 is 10.1 Å². The van der Waals surface area contributed by atoms with Crippen molar-refractivity contribution in [3.63, 3.8) is 0 Å². The fourth-order valence-corrected chi connectivity index (χ4v) is 1.73. The maximum Gasteiger partial charge on any atom is 0.322 e. The summed E-state index contributed by atoms with van der Waals surface area (Å²) in [7, 11) is 0. The minimum atomic E-state index is -0.348. The zero-order valence-corrected chi connectivity index (χ0v) is 11.7. The smallest absolute Gasteiger partial charge is 0.322 e. The molecule has 0 saturated heterocycles. The Morgan fingerprint density at radius 1 is 1.35 bits per heavy atom. The summed E-state index contributed by atoms with van der Waals surface area (Å²) in [4.78, 5) is 8.43. The molecule has 0 amide bonds. The minimum absolute atomic E-state index is 0.229. The number of hydrogen-bond donors (Lipinski definition) is 1. The van der Waals surface area contributed by atoms with Crippen molar-refractivity contribution in [2.75, 3.05) is 6.54 Å². The molecule has 0 aliphatic carbocycles. The highest BCUT2D eigenvalue weighted by Gasteiger charge is 2.05. The summed E-state index contributed by atoms with van der Waals surface area (Å²) < 4.78 is 18.5. The van der Waals surface area contributed by atoms with E-state index < -0.39 is 0 Å². The number of aryl methyl sites for hydroxylation is 1. The molecule has 0 fully saturated rings. The summed E-state index contributed by atoms with van der Waals surface area (Å²) in [5.41, 5.74) is 1.89. The molecule has 1 aromatic carbocycles. The van der Waals surface area contributed by atoms with E-state index in [-0.39, 0.29) is 11.8 Å². The van der Waals surface area contributed by atoms with Gasteiger partial charge in [0.2, 0.25) is 0 Å². The van der Waals surface area contributed by atoms with E-state index in [1.54, 1.807) is 18.3 Å². The van der Waals surface area contributed by atoms with E-state index in [4.69, 9.17) is 4.74 Å². The highest BCUT2D eigenvalue weighted by Crippen LogP contribution is 2.19. The Balaban J connectivity index is 2.05. The number of halogens is 1. The second kappa shape index (κ2) is 6.96. The molecule has 0 bridgehead atoms. The molecule has 0 spiro atoms. The third-order valence-corrected chi connectivity index (χ3v) is 2.81. The van der Waals surface area contributed by atoms with Crippen molar-refractivity contribution in [2.45, 2.75) is 26.8 Å². The molecule has 4 nitrogen and oxygen atoms in total. The SMILES string of the molecule is CCCNCc1cnc(Oc2cccc(F)c2)nc1C. The Labute approximate surface area is 118 Å². The predicted molar refractivity (Wildman–Crippen MR) is 75.2 cm³/mol. The zero-order valence-electron chi connectivity index (χ0n) is 11.7. The van der Waals surface area contributed by atoms with Crippen LogP contribution >= 0.6 is 0 Å². The fraction of sp³-hybridized carbons (Fsp3) is 0.333. The van der Waals surface area contributed by atoms with E-state index >= 15 is 0 Å². The average Bonchev–Trinajstić information content (AvgIpc) is 2.41. The Morgan fingerprint density at radius 2 is 2.20 bits per heavy atom. The van der Waals surface area contributed by atoms with Gasteiger partial charge in [-0.25, -0.2) is 9.37 Å². The van der Waals surface area contributed by atoms with Crippen molar-refractivity contribution in [2.24, 2.45) is 0 Å². The maximum atomic E-state index is 13.1. The summed E-state index contributed by atoms with van der Waals surface area (Å²) >= 11 is 0. The number of aromatic nitrogens is 2. The first-order valence-corrected chi connectivity index (χ1v) is 6.65. The molecule has 0 radical (unpaired) electrons. The van der Waals surface area contributed by atoms with E-state index in [0.717, 1.165) is 30.8 Å². The second-order valence-corrected chi connectivity index (χ2v) is 4.50. The Bertz CT molecular complexity index is 575. The lowest BCUT2D eigenvalue weighted by molar-refractivity contribution is 0.435. The van der Waals surface area contributed by atoms with Crippen LogP contribution in [0.15, 0.2) is 30.5 Å². The van der Waals surface area contributed by atoms with Gasteiger partial charge >= 0.3 is 6.01 Å². The highest BCUT2D eigenvalue weighted by molar-refractivity contribution is 5.26. The van der Waals surface area contributed by atoms with Gasteiger partial charge in [-0.15, -0.1) is 0 Å². The molecule has 20 heavy (non-hydrogen) atoms. The molecular weight excluding hydrogens is 257 g/mol. The lowest BCUT2D eigenvalue weighted by Gasteiger charge is -2.08. The molecule has 1 aromatic heterocycles. The fourth-order valence-electron chi connectivity index (χ4n) is 1.73. The molecule has 1 heterocycles. The van der Waals surface area contributed by atoms with Gasteiger partial charge in [0.1, 0.15) is 11.6 Å². The van der Waals surface area contributed by atoms with Gasteiger partial charge in [-0.3, -0.25) is 0 Å². The van der Waals surface area contributed by atoms with Crippen LogP contribution in [-0.2, 0) is 6.54 Å². The molecule has 2 aromatic rings. The Hall–Kier alpha value is -2.01. The Kier molecular flexibility index (Phi) is 5.01. The highest BCUT2D eigenvalue weighted by atomic mass is 19.1. The van der Waals surface area contributed by atoms with Crippen LogP contribution in [0.5, 0.6) is 11.8 Å². The van der Waals surface area contributed by atoms with Crippen molar-refractivity contribution in [3.8, 4) is 11.8 Å². The molecule has 0 saturated carbocycles. The molecule has 5 heteroatoms. The van der Waals surface area contributed by atoms with Crippen molar-refractivity contribution < 1.29 is 9.13 Å². The van der Waals surface area contributed by atoms with Gasteiger partial charge < -0.3 is 10.1 Å². The minimum Gasteiger partial charge on any atom is -0.424 e. The van der Waals surface area contributed by atoms with Crippen LogP contribution in [0.1, 0.15) is 24.6 Å². The Morgan fingerprint density at radius 3 is 2.90 bits per heavy atom. The molecule has 0 unspecified atom stereocenters. The van der Waals surface area contributed by atoms with Crippen LogP contribution in [0.3, 0.4) is 0 Å². The van der Waals surface area contributed by atoms with Crippen molar-refractivity contribution >= 4 is 0 Å². The van der Waals surface area contributed by atoms with E-state index in [1.165, 1.54) is 12.1 Å². The van der Waals surface area contributed by atoms with E-state index in [1.807, 2.05) is 6.92 Å². The largest absolute Gasteiger partial charge is 0.424 e. The molecular formula is C15H18FN3O. The average molecular weight is 275 g/mol. The normalized spacial score (nSPS) is 10.6. The topological polar surface area (TPSA) is 47.0 Å². The van der Waals surface area contributed by atoms with Crippen LogP contribution in [0.2, 0.25) is 0 Å². The van der Waals surface area contributed by atoms with Crippen LogP contribution in [0, 0.1) is 12.7 Å². The molecule has 1 N–H and O–H groups in total. The second-order valence-electron chi connectivity index (χ2n) is 4.50. The summed E-state index contributed by atoms with van der Waals surface area (Å²) in [6, 6.07) is 6.14. The van der Waals surface area contributed by atoms with Crippen molar-refractivity contribution in [1.29, 1.82) is 0 Å². The predicted octanol–water partition coefficient (Wildman–Crippen LogP) is 3.22. The van der Waals surface area contributed by atoms with Gasteiger partial charge in [0, 0.05) is 30.1 Å². The number of nitrogens with zero attached hydrogens (tertiary/aromatic N) is 2. The molecule has 0 atom stereocenters. The van der Waals surface area contributed by atoms with Gasteiger partial charge in [0.25, 0.3) is 0 Å². The molecule has 0 aliphatic heterocycles. The number of ether oxygens (including phenoxy) is 1. The van der Waals surface area contributed by atoms with Crippen LogP contribution in [0.4, 0.5) is 4.39 Å². The van der Waals surface area contributed by atoms with Gasteiger partial charge in [-0.1, -0.05) is 13.0 Å². The van der Waals surface area contributed by atoms with E-state index in [0.29, 0.717) is 5.75 Å². The van der Waals surface area contributed by atoms with Crippen LogP contribution in [-0.4, -0.2) is 16.5 Å². The monoisotopic (exact) mass is 275 g/mol. The van der Waals surface area contributed by atoms with Crippen molar-refractivity contribution in [1.82, 2.24) is 15.3 Å². The van der Waals surface area contributed by atoms with Crippen LogP contribution in [0.25, 0.3) is 0 Å².